The van der Waals surface area contributed by atoms with Gasteiger partial charge in [0.1, 0.15) is 0 Å². The van der Waals surface area contributed by atoms with E-state index in [1.807, 2.05) is 0 Å². The highest BCUT2D eigenvalue weighted by molar-refractivity contribution is 7.86. The number of rotatable bonds is 17. The van der Waals surface area contributed by atoms with Crippen molar-refractivity contribution in [2.45, 2.75) is 114 Å². The van der Waals surface area contributed by atoms with E-state index in [2.05, 4.69) is 11.7 Å². The number of hydrogen-bond acceptors (Lipinski definition) is 4. The van der Waals surface area contributed by atoms with Gasteiger partial charge in [0.05, 0.1) is 0 Å². The topological polar surface area (TPSA) is 80.7 Å². The maximum absolute atomic E-state index is 13.3. The highest BCUT2D eigenvalue weighted by Gasteiger charge is 2.65. The van der Waals surface area contributed by atoms with E-state index in [9.17, 15) is 35.2 Å². The number of esters is 1. The van der Waals surface area contributed by atoms with E-state index in [0.29, 0.717) is 6.42 Å². The van der Waals surface area contributed by atoms with Crippen molar-refractivity contribution in [2.24, 2.45) is 0 Å². The minimum atomic E-state index is -6.41. The summed E-state index contributed by atoms with van der Waals surface area (Å²) in [5.41, 5.74) is 0. The van der Waals surface area contributed by atoms with Gasteiger partial charge in [0.15, 0.2) is 0 Å². The second kappa shape index (κ2) is 14.2. The Labute approximate surface area is 175 Å². The van der Waals surface area contributed by atoms with E-state index in [-0.39, 0.29) is 6.42 Å². The van der Waals surface area contributed by atoms with Crippen LogP contribution in [0.1, 0.15) is 96.8 Å². The maximum atomic E-state index is 13.3. The van der Waals surface area contributed by atoms with Crippen molar-refractivity contribution in [2.75, 3.05) is 0 Å². The van der Waals surface area contributed by atoms with Crippen LogP contribution < -0.4 is 0 Å². The molecule has 0 heterocycles. The van der Waals surface area contributed by atoms with Gasteiger partial charge in [-0.05, 0) is 6.42 Å². The van der Waals surface area contributed by atoms with Crippen molar-refractivity contribution in [1.82, 2.24) is 0 Å². The van der Waals surface area contributed by atoms with Gasteiger partial charge in [0.2, 0.25) is 0 Å². The Kier molecular flexibility index (Phi) is 13.7. The van der Waals surface area contributed by atoms with Gasteiger partial charge in [-0.25, -0.2) is 0 Å². The molecule has 0 aromatic heterocycles. The molecule has 0 saturated carbocycles. The first-order valence-electron chi connectivity index (χ1n) is 10.4. The van der Waals surface area contributed by atoms with E-state index in [1.54, 1.807) is 0 Å². The molecule has 11 heteroatoms. The average molecular weight is 469 g/mol. The molecule has 0 amide bonds. The molecule has 30 heavy (non-hydrogen) atoms. The van der Waals surface area contributed by atoms with E-state index in [4.69, 9.17) is 4.55 Å². The van der Waals surface area contributed by atoms with Gasteiger partial charge in [0.25, 0.3) is 6.10 Å². The number of hydrogen-bond donors (Lipinski definition) is 1. The molecular formula is C19H33F5O5S. The Morgan fingerprint density at radius 3 is 1.50 bits per heavy atom. The summed E-state index contributed by atoms with van der Waals surface area (Å²) in [6, 6.07) is 0. The summed E-state index contributed by atoms with van der Waals surface area (Å²) in [6.45, 7) is 2.17. The highest BCUT2D eigenvalue weighted by atomic mass is 32.2. The minimum absolute atomic E-state index is 0.137. The number of unbranched alkanes of at least 4 members (excludes halogenated alkanes) is 12. The predicted molar refractivity (Wildman–Crippen MR) is 103 cm³/mol. The molecule has 0 aromatic rings. The molecule has 0 spiro atoms. The Hall–Kier alpha value is -0.970. The summed E-state index contributed by atoms with van der Waals surface area (Å²) in [4.78, 5) is 11.4. The molecule has 0 aliphatic carbocycles. The Bertz CT molecular complexity index is 578. The van der Waals surface area contributed by atoms with Crippen LogP contribution in [0.15, 0.2) is 0 Å². The van der Waals surface area contributed by atoms with Crippen molar-refractivity contribution in [3.8, 4) is 0 Å². The molecule has 0 radical (unpaired) electrons. The van der Waals surface area contributed by atoms with Crippen LogP contribution >= 0.6 is 0 Å². The molecule has 0 saturated heterocycles. The van der Waals surface area contributed by atoms with E-state index >= 15 is 0 Å². The fourth-order valence-corrected chi connectivity index (χ4v) is 3.39. The van der Waals surface area contributed by atoms with Gasteiger partial charge in [-0.15, -0.1) is 0 Å². The van der Waals surface area contributed by atoms with Crippen LogP contribution in [0.25, 0.3) is 0 Å². The molecule has 0 bridgehead atoms. The lowest BCUT2D eigenvalue weighted by molar-refractivity contribution is -0.259. The van der Waals surface area contributed by atoms with Gasteiger partial charge in [-0.2, -0.15) is 30.4 Å². The van der Waals surface area contributed by atoms with Crippen molar-refractivity contribution >= 4 is 16.1 Å². The molecular weight excluding hydrogens is 435 g/mol. The molecule has 1 unspecified atom stereocenters. The maximum Gasteiger partial charge on any atom is 0.432 e. The van der Waals surface area contributed by atoms with Gasteiger partial charge < -0.3 is 4.74 Å². The van der Waals surface area contributed by atoms with Crippen molar-refractivity contribution in [3.63, 3.8) is 0 Å². The lowest BCUT2D eigenvalue weighted by atomic mass is 10.0. The Morgan fingerprint density at radius 1 is 0.800 bits per heavy atom. The Balaban J connectivity index is 4.01. The van der Waals surface area contributed by atoms with Crippen LogP contribution in [0.5, 0.6) is 0 Å². The van der Waals surface area contributed by atoms with E-state index < -0.39 is 40.0 Å². The third kappa shape index (κ3) is 12.0. The molecule has 180 valence electrons. The van der Waals surface area contributed by atoms with Gasteiger partial charge >= 0.3 is 27.5 Å². The molecule has 0 aliphatic rings. The smallest absolute Gasteiger partial charge is 0.432 e. The summed E-state index contributed by atoms with van der Waals surface area (Å²) in [5.74, 6) is -1.59. The molecule has 5 nitrogen and oxygen atoms in total. The fraction of sp³-hybridized carbons (Fsp3) is 0.947. The Morgan fingerprint density at radius 2 is 1.17 bits per heavy atom. The summed E-state index contributed by atoms with van der Waals surface area (Å²) in [6.07, 6.45) is 2.34. The van der Waals surface area contributed by atoms with E-state index in [0.717, 1.165) is 32.1 Å². The van der Waals surface area contributed by atoms with Crippen molar-refractivity contribution in [3.05, 3.63) is 0 Å². The van der Waals surface area contributed by atoms with Crippen LogP contribution in [0.3, 0.4) is 0 Å². The SMILES string of the molecule is CCCCCCCCCCCCCCCC(=O)OC(C(F)(F)F)C(F)(F)S(=O)(=O)O. The van der Waals surface area contributed by atoms with E-state index in [1.165, 1.54) is 38.5 Å². The van der Waals surface area contributed by atoms with Crippen LogP contribution in [0.2, 0.25) is 0 Å². The first-order chi connectivity index (χ1) is 13.8. The first kappa shape index (κ1) is 29.0. The lowest BCUT2D eigenvalue weighted by Crippen LogP contribution is -2.52. The largest absolute Gasteiger partial charge is 0.445 e. The van der Waals surface area contributed by atoms with Gasteiger partial charge in [-0.3, -0.25) is 9.35 Å². The fourth-order valence-electron chi connectivity index (χ4n) is 2.94. The third-order valence-corrected chi connectivity index (χ3v) is 5.58. The van der Waals surface area contributed by atoms with Gasteiger partial charge in [0, 0.05) is 6.42 Å². The lowest BCUT2D eigenvalue weighted by Gasteiger charge is -2.26. The van der Waals surface area contributed by atoms with Gasteiger partial charge in [-0.1, -0.05) is 84.0 Å². The summed E-state index contributed by atoms with van der Waals surface area (Å²) in [5, 5.41) is -5.68. The quantitative estimate of drug-likeness (QED) is 0.115. The zero-order valence-electron chi connectivity index (χ0n) is 17.4. The van der Waals surface area contributed by atoms with Crippen molar-refractivity contribution < 1.29 is 44.5 Å². The van der Waals surface area contributed by atoms with Crippen LogP contribution in [0, 0.1) is 0 Å². The molecule has 0 rings (SSSR count). The number of halogens is 5. The standard InChI is InChI=1S/C19H33F5O5S/c1-2-3-4-5-6-7-8-9-10-11-12-13-14-15-16(25)29-17(18(20,21)22)19(23,24)30(26,27)28/h17H,2-15H2,1H3,(H,26,27,28). The monoisotopic (exact) mass is 468 g/mol. The molecule has 1 N–H and O–H groups in total. The third-order valence-electron chi connectivity index (χ3n) is 4.68. The summed E-state index contributed by atoms with van der Waals surface area (Å²) in [7, 11) is -6.41. The van der Waals surface area contributed by atoms with Crippen molar-refractivity contribution in [1.29, 1.82) is 0 Å². The zero-order chi connectivity index (χ0) is 23.3. The molecule has 0 fully saturated rings. The first-order valence-corrected chi connectivity index (χ1v) is 11.9. The number of alkyl halides is 5. The molecule has 1 atom stereocenters. The minimum Gasteiger partial charge on any atom is -0.445 e. The normalized spacial score (nSPS) is 14.0. The molecule has 0 aromatic carbocycles. The van der Waals surface area contributed by atoms with Crippen LogP contribution in [-0.2, 0) is 19.6 Å². The predicted octanol–water partition coefficient (Wildman–Crippen LogP) is 6.42. The highest BCUT2D eigenvalue weighted by Crippen LogP contribution is 2.38. The summed E-state index contributed by atoms with van der Waals surface area (Å²) >= 11 is 0. The number of carbonyl (C=O) groups excluding carboxylic acids is 1. The second-order valence-corrected chi connectivity index (χ2v) is 8.94. The zero-order valence-corrected chi connectivity index (χ0v) is 18.2. The van der Waals surface area contributed by atoms with Crippen LogP contribution in [-0.4, -0.2) is 36.5 Å². The summed E-state index contributed by atoms with van der Waals surface area (Å²) < 4.78 is 97.6. The molecule has 0 aliphatic heterocycles. The second-order valence-electron chi connectivity index (χ2n) is 7.44. The number of ether oxygens (including phenoxy) is 1. The average Bonchev–Trinajstić information content (AvgIpc) is 2.61. The van der Waals surface area contributed by atoms with Crippen LogP contribution in [0.4, 0.5) is 22.0 Å². The number of carbonyl (C=O) groups is 1.